The second kappa shape index (κ2) is 7.83. The maximum atomic E-state index is 9.94. The molecule has 2 aromatic rings. The van der Waals surface area contributed by atoms with Gasteiger partial charge in [-0.15, -0.1) is 0 Å². The van der Waals surface area contributed by atoms with E-state index in [9.17, 15) is 5.11 Å². The Morgan fingerprint density at radius 3 is 1.70 bits per heavy atom. The highest BCUT2D eigenvalue weighted by Crippen LogP contribution is 2.11. The Kier molecular flexibility index (Phi) is 5.78. The summed E-state index contributed by atoms with van der Waals surface area (Å²) in [5.74, 6) is 0. The predicted octanol–water partition coefficient (Wildman–Crippen LogP) is 3.46. The summed E-state index contributed by atoms with van der Waals surface area (Å²) in [6, 6.07) is 20.9. The summed E-state index contributed by atoms with van der Waals surface area (Å²) in [5.41, 5.74) is 2.57. The molecule has 0 aromatic heterocycles. The van der Waals surface area contributed by atoms with E-state index < -0.39 is 0 Å². The van der Waals surface area contributed by atoms with Crippen molar-refractivity contribution in [1.29, 1.82) is 0 Å². The van der Waals surface area contributed by atoms with Crippen LogP contribution in [0, 0.1) is 0 Å². The fourth-order valence-electron chi connectivity index (χ4n) is 2.30. The molecule has 0 radical (unpaired) electrons. The quantitative estimate of drug-likeness (QED) is 0.832. The van der Waals surface area contributed by atoms with Crippen molar-refractivity contribution >= 4 is 0 Å². The Bertz CT molecular complexity index is 442. The fourth-order valence-corrected chi connectivity index (χ4v) is 2.30. The van der Waals surface area contributed by atoms with Crippen molar-refractivity contribution in [3.05, 3.63) is 71.8 Å². The van der Waals surface area contributed by atoms with Crippen molar-refractivity contribution < 1.29 is 5.11 Å². The molecule has 0 spiro atoms. The van der Waals surface area contributed by atoms with Gasteiger partial charge in [-0.3, -0.25) is 4.90 Å². The van der Waals surface area contributed by atoms with Crippen LogP contribution in [-0.2, 0) is 13.1 Å². The Hall–Kier alpha value is -1.64. The lowest BCUT2D eigenvalue weighted by molar-refractivity contribution is 0.101. The summed E-state index contributed by atoms with van der Waals surface area (Å²) in [6.45, 7) is 4.47. The highest BCUT2D eigenvalue weighted by atomic mass is 16.3. The third-order valence-corrected chi connectivity index (χ3v) is 3.44. The van der Waals surface area contributed by atoms with Gasteiger partial charge in [-0.2, -0.15) is 0 Å². The number of benzene rings is 2. The summed E-state index contributed by atoms with van der Waals surface area (Å²) in [7, 11) is 0. The molecule has 2 nitrogen and oxygen atoms in total. The van der Waals surface area contributed by atoms with Crippen molar-refractivity contribution in [1.82, 2.24) is 4.90 Å². The minimum Gasteiger partial charge on any atom is -0.392 e. The Morgan fingerprint density at radius 1 is 0.850 bits per heavy atom. The molecule has 0 aliphatic heterocycles. The van der Waals surface area contributed by atoms with Gasteiger partial charge in [0.2, 0.25) is 0 Å². The first-order valence-electron chi connectivity index (χ1n) is 7.26. The molecule has 1 N–H and O–H groups in total. The van der Waals surface area contributed by atoms with E-state index in [0.29, 0.717) is 6.54 Å². The first-order chi connectivity index (χ1) is 9.78. The largest absolute Gasteiger partial charge is 0.392 e. The molecule has 0 saturated carbocycles. The van der Waals surface area contributed by atoms with E-state index in [1.165, 1.54) is 11.1 Å². The van der Waals surface area contributed by atoms with E-state index in [4.69, 9.17) is 0 Å². The van der Waals surface area contributed by atoms with E-state index in [-0.39, 0.29) is 6.10 Å². The van der Waals surface area contributed by atoms with Gasteiger partial charge in [0, 0.05) is 19.6 Å². The van der Waals surface area contributed by atoms with Crippen molar-refractivity contribution in [2.45, 2.75) is 32.5 Å². The maximum absolute atomic E-state index is 9.94. The number of nitrogens with zero attached hydrogens (tertiary/aromatic N) is 1. The number of rotatable bonds is 7. The van der Waals surface area contributed by atoms with E-state index in [0.717, 1.165) is 19.5 Å². The SMILES string of the molecule is CC[C@H](O)CN(Cc1ccccc1)Cc1ccccc1. The summed E-state index contributed by atoms with van der Waals surface area (Å²) >= 11 is 0. The van der Waals surface area contributed by atoms with Crippen LogP contribution in [-0.4, -0.2) is 22.7 Å². The zero-order chi connectivity index (χ0) is 14.2. The van der Waals surface area contributed by atoms with Crippen molar-refractivity contribution in [3.63, 3.8) is 0 Å². The Labute approximate surface area is 121 Å². The molecule has 0 aliphatic rings. The van der Waals surface area contributed by atoms with E-state index in [1.807, 2.05) is 19.1 Å². The van der Waals surface area contributed by atoms with Crippen molar-refractivity contribution in [3.8, 4) is 0 Å². The second-order valence-corrected chi connectivity index (χ2v) is 5.20. The summed E-state index contributed by atoms with van der Waals surface area (Å²) in [4.78, 5) is 2.30. The molecule has 2 aromatic carbocycles. The van der Waals surface area contributed by atoms with Gasteiger partial charge < -0.3 is 5.11 Å². The normalized spacial score (nSPS) is 12.6. The Morgan fingerprint density at radius 2 is 1.30 bits per heavy atom. The highest BCUT2D eigenvalue weighted by Gasteiger charge is 2.11. The zero-order valence-corrected chi connectivity index (χ0v) is 12.1. The van der Waals surface area contributed by atoms with Crippen LogP contribution in [0.1, 0.15) is 24.5 Å². The van der Waals surface area contributed by atoms with Gasteiger partial charge in [-0.05, 0) is 17.5 Å². The molecule has 106 valence electrons. The minimum atomic E-state index is -0.262. The monoisotopic (exact) mass is 269 g/mol. The van der Waals surface area contributed by atoms with Crippen LogP contribution in [0.3, 0.4) is 0 Å². The molecule has 0 aliphatic carbocycles. The first-order valence-corrected chi connectivity index (χ1v) is 7.26. The van der Waals surface area contributed by atoms with Gasteiger partial charge in [0.05, 0.1) is 6.10 Å². The standard InChI is InChI=1S/C18H23NO/c1-2-18(20)15-19(13-16-9-5-3-6-10-16)14-17-11-7-4-8-12-17/h3-12,18,20H,2,13-15H2,1H3/t18-/m0/s1. The molecule has 0 amide bonds. The van der Waals surface area contributed by atoms with Gasteiger partial charge in [0.1, 0.15) is 0 Å². The van der Waals surface area contributed by atoms with Crippen LogP contribution in [0.25, 0.3) is 0 Å². The smallest absolute Gasteiger partial charge is 0.0664 e. The molecule has 0 bridgehead atoms. The third kappa shape index (κ3) is 4.80. The van der Waals surface area contributed by atoms with Gasteiger partial charge >= 0.3 is 0 Å². The highest BCUT2D eigenvalue weighted by molar-refractivity contribution is 5.17. The lowest BCUT2D eigenvalue weighted by Crippen LogP contribution is -2.31. The molecule has 2 heteroatoms. The van der Waals surface area contributed by atoms with Crippen LogP contribution < -0.4 is 0 Å². The average molecular weight is 269 g/mol. The van der Waals surface area contributed by atoms with Crippen LogP contribution >= 0.6 is 0 Å². The number of aliphatic hydroxyl groups excluding tert-OH is 1. The minimum absolute atomic E-state index is 0.262. The van der Waals surface area contributed by atoms with E-state index in [1.54, 1.807) is 0 Å². The topological polar surface area (TPSA) is 23.5 Å². The molecular formula is C18H23NO. The molecule has 20 heavy (non-hydrogen) atoms. The maximum Gasteiger partial charge on any atom is 0.0664 e. The number of hydrogen-bond donors (Lipinski definition) is 1. The lowest BCUT2D eigenvalue weighted by atomic mass is 10.1. The van der Waals surface area contributed by atoms with Crippen LogP contribution in [0.5, 0.6) is 0 Å². The van der Waals surface area contributed by atoms with E-state index in [2.05, 4.69) is 53.4 Å². The lowest BCUT2D eigenvalue weighted by Gasteiger charge is -2.25. The van der Waals surface area contributed by atoms with Crippen LogP contribution in [0.15, 0.2) is 60.7 Å². The van der Waals surface area contributed by atoms with Gasteiger partial charge in [0.25, 0.3) is 0 Å². The Balaban J connectivity index is 2.04. The van der Waals surface area contributed by atoms with Crippen molar-refractivity contribution in [2.75, 3.05) is 6.54 Å². The van der Waals surface area contributed by atoms with Gasteiger partial charge in [0.15, 0.2) is 0 Å². The van der Waals surface area contributed by atoms with Gasteiger partial charge in [-0.25, -0.2) is 0 Å². The van der Waals surface area contributed by atoms with Crippen LogP contribution in [0.2, 0.25) is 0 Å². The van der Waals surface area contributed by atoms with Crippen molar-refractivity contribution in [2.24, 2.45) is 0 Å². The molecule has 0 heterocycles. The van der Waals surface area contributed by atoms with Gasteiger partial charge in [-0.1, -0.05) is 67.6 Å². The fraction of sp³-hybridized carbons (Fsp3) is 0.333. The zero-order valence-electron chi connectivity index (χ0n) is 12.1. The predicted molar refractivity (Wildman–Crippen MR) is 83.3 cm³/mol. The van der Waals surface area contributed by atoms with Crippen LogP contribution in [0.4, 0.5) is 0 Å². The summed E-state index contributed by atoms with van der Waals surface area (Å²) in [6.07, 6.45) is 0.530. The van der Waals surface area contributed by atoms with E-state index >= 15 is 0 Å². The molecule has 0 fully saturated rings. The summed E-state index contributed by atoms with van der Waals surface area (Å²) < 4.78 is 0. The molecule has 0 unspecified atom stereocenters. The summed E-state index contributed by atoms with van der Waals surface area (Å²) in [5, 5.41) is 9.94. The number of hydrogen-bond acceptors (Lipinski definition) is 2. The molecule has 2 rings (SSSR count). The molecular weight excluding hydrogens is 246 g/mol. The molecule has 0 saturated heterocycles. The second-order valence-electron chi connectivity index (χ2n) is 5.20. The first kappa shape index (κ1) is 14.8. The third-order valence-electron chi connectivity index (χ3n) is 3.44. The number of aliphatic hydroxyl groups is 1. The average Bonchev–Trinajstić information content (AvgIpc) is 2.49. The molecule has 1 atom stereocenters.